The highest BCUT2D eigenvalue weighted by atomic mass is 79.9. The van der Waals surface area contributed by atoms with Crippen molar-refractivity contribution in [3.05, 3.63) is 0 Å². The Morgan fingerprint density at radius 2 is 2.33 bits per heavy atom. The molecular formula is C6H12BrNO4. The van der Waals surface area contributed by atoms with Crippen LogP contribution in [0.25, 0.3) is 0 Å². The Labute approximate surface area is 80.3 Å². The molecule has 0 aliphatic carbocycles. The van der Waals surface area contributed by atoms with Gasteiger partial charge in [0.15, 0.2) is 6.10 Å². The van der Waals surface area contributed by atoms with Crippen molar-refractivity contribution in [1.82, 2.24) is 0 Å². The Hall–Kier alpha value is -0.170. The monoisotopic (exact) mass is 241 g/mol. The fraction of sp³-hybridized carbons (Fsp3) is 0.833. The average molecular weight is 242 g/mol. The van der Waals surface area contributed by atoms with E-state index >= 15 is 0 Å². The Bertz CT molecular complexity index is 166. The molecule has 12 heavy (non-hydrogen) atoms. The molecule has 6 heteroatoms. The van der Waals surface area contributed by atoms with E-state index in [4.69, 9.17) is 14.9 Å². The normalized spacial score (nSPS) is 30.8. The number of ether oxygens (including phenoxy) is 1. The Morgan fingerprint density at radius 1 is 1.75 bits per heavy atom. The van der Waals surface area contributed by atoms with Gasteiger partial charge in [0, 0.05) is 0 Å². The maximum Gasteiger partial charge on any atom is 0.312 e. The fourth-order valence-electron chi connectivity index (χ4n) is 1.12. The van der Waals surface area contributed by atoms with E-state index in [0.717, 1.165) is 0 Å². The third-order valence-electron chi connectivity index (χ3n) is 1.73. The molecule has 0 bridgehead atoms. The average Bonchev–Trinajstić information content (AvgIpc) is 2.28. The first-order valence-electron chi connectivity index (χ1n) is 3.46. The number of cyclic esters (lactones) is 1. The molecule has 0 aromatic carbocycles. The van der Waals surface area contributed by atoms with Crippen LogP contribution in [0.3, 0.4) is 0 Å². The minimum atomic E-state index is -0.996. The zero-order valence-corrected chi connectivity index (χ0v) is 8.03. The molecule has 1 aliphatic rings. The number of hydrogen-bond acceptors (Lipinski definition) is 4. The summed E-state index contributed by atoms with van der Waals surface area (Å²) in [4.78, 5) is 10.6. The number of hydrogen-bond donors (Lipinski definition) is 3. The first kappa shape index (κ1) is 11.8. The highest BCUT2D eigenvalue weighted by Crippen LogP contribution is 2.14. The van der Waals surface area contributed by atoms with Crippen LogP contribution in [0, 0.1) is 0 Å². The smallest absolute Gasteiger partial charge is 0.312 e. The van der Waals surface area contributed by atoms with Crippen molar-refractivity contribution in [2.24, 2.45) is 0 Å². The molecule has 0 aromatic rings. The van der Waals surface area contributed by atoms with E-state index < -0.39 is 18.8 Å². The van der Waals surface area contributed by atoms with E-state index in [9.17, 15) is 4.79 Å². The summed E-state index contributed by atoms with van der Waals surface area (Å²) in [6.45, 7) is -0.399. The fourth-order valence-corrected chi connectivity index (χ4v) is 1.12. The molecular weight excluding hydrogens is 230 g/mol. The van der Waals surface area contributed by atoms with Gasteiger partial charge in [0.2, 0.25) is 0 Å². The van der Waals surface area contributed by atoms with E-state index in [1.165, 1.54) is 0 Å². The summed E-state index contributed by atoms with van der Waals surface area (Å²) in [6.07, 6.45) is -1.40. The van der Waals surface area contributed by atoms with E-state index in [0.29, 0.717) is 0 Å². The summed E-state index contributed by atoms with van der Waals surface area (Å²) >= 11 is 0. The molecule has 1 aliphatic heterocycles. The lowest BCUT2D eigenvalue weighted by molar-refractivity contribution is -0.431. The zero-order chi connectivity index (χ0) is 8.43. The molecule has 0 unspecified atom stereocenters. The molecule has 1 saturated heterocycles. The van der Waals surface area contributed by atoms with Crippen molar-refractivity contribution in [3.8, 4) is 0 Å². The van der Waals surface area contributed by atoms with Crippen molar-refractivity contribution >= 4 is 5.97 Å². The molecule has 1 fully saturated rings. The van der Waals surface area contributed by atoms with Crippen molar-refractivity contribution in [2.75, 3.05) is 6.61 Å². The number of carbonyl (C=O) groups excluding carboxylic acids is 1. The van der Waals surface area contributed by atoms with E-state index in [-0.39, 0.29) is 35.4 Å². The minimum Gasteiger partial charge on any atom is -1.00 e. The number of rotatable bonds is 2. The van der Waals surface area contributed by atoms with Crippen LogP contribution in [0.4, 0.5) is 0 Å². The van der Waals surface area contributed by atoms with Crippen molar-refractivity contribution in [3.63, 3.8) is 0 Å². The molecule has 0 aromatic heterocycles. The zero-order valence-electron chi connectivity index (χ0n) is 6.44. The second-order valence-electron chi connectivity index (χ2n) is 2.67. The molecule has 5 nitrogen and oxygen atoms in total. The maximum absolute atomic E-state index is 10.6. The summed E-state index contributed by atoms with van der Waals surface area (Å²) in [5.74, 6) is -0.359. The summed E-state index contributed by atoms with van der Waals surface area (Å²) in [5, 5.41) is 17.6. The molecule has 0 radical (unpaired) electrons. The molecule has 5 N–H and O–H groups in total. The number of carbonyl (C=O) groups is 1. The molecule has 1 rings (SSSR count). The topological polar surface area (TPSA) is 94.4 Å². The Kier molecular flexibility index (Phi) is 4.69. The molecule has 0 saturated carbocycles. The molecule has 1 heterocycles. The summed E-state index contributed by atoms with van der Waals surface area (Å²) < 4.78 is 4.71. The van der Waals surface area contributed by atoms with Gasteiger partial charge in [-0.2, -0.15) is 0 Å². The quantitative estimate of drug-likeness (QED) is 0.420. The summed E-state index contributed by atoms with van der Waals surface area (Å²) in [7, 11) is 0. The van der Waals surface area contributed by atoms with Crippen molar-refractivity contribution in [1.29, 1.82) is 0 Å². The number of halogens is 1. The van der Waals surface area contributed by atoms with Crippen LogP contribution in [-0.2, 0) is 9.53 Å². The highest BCUT2D eigenvalue weighted by Gasteiger charge is 2.39. The molecule has 0 spiro atoms. The van der Waals surface area contributed by atoms with E-state index in [1.807, 2.05) is 0 Å². The van der Waals surface area contributed by atoms with E-state index in [1.54, 1.807) is 0 Å². The molecule has 72 valence electrons. The van der Waals surface area contributed by atoms with Gasteiger partial charge in [-0.05, 0) is 0 Å². The van der Waals surface area contributed by atoms with Crippen molar-refractivity contribution < 1.29 is 42.5 Å². The number of aliphatic hydroxyl groups is 2. The van der Waals surface area contributed by atoms with Crippen LogP contribution in [0.2, 0.25) is 0 Å². The predicted octanol–water partition coefficient (Wildman–Crippen LogP) is -5.73. The predicted molar refractivity (Wildman–Crippen MR) is 34.3 cm³/mol. The lowest BCUT2D eigenvalue weighted by atomic mass is 10.1. The van der Waals surface area contributed by atoms with Crippen LogP contribution >= 0.6 is 0 Å². The minimum absolute atomic E-state index is 0. The first-order valence-corrected chi connectivity index (χ1v) is 3.46. The Morgan fingerprint density at radius 3 is 2.67 bits per heavy atom. The third-order valence-corrected chi connectivity index (χ3v) is 1.73. The van der Waals surface area contributed by atoms with Gasteiger partial charge >= 0.3 is 5.97 Å². The van der Waals surface area contributed by atoms with Gasteiger partial charge in [-0.15, -0.1) is 0 Å². The van der Waals surface area contributed by atoms with Gasteiger partial charge in [0.25, 0.3) is 0 Å². The third kappa shape index (κ3) is 2.41. The van der Waals surface area contributed by atoms with Crippen LogP contribution in [0.15, 0.2) is 0 Å². The summed E-state index contributed by atoms with van der Waals surface area (Å²) in [6, 6.07) is -0.246. The van der Waals surface area contributed by atoms with Crippen LogP contribution in [0.1, 0.15) is 6.42 Å². The van der Waals surface area contributed by atoms with Gasteiger partial charge < -0.3 is 37.7 Å². The second-order valence-corrected chi connectivity index (χ2v) is 2.67. The van der Waals surface area contributed by atoms with Gasteiger partial charge in [0.1, 0.15) is 18.6 Å². The summed E-state index contributed by atoms with van der Waals surface area (Å²) in [5.41, 5.74) is 3.62. The van der Waals surface area contributed by atoms with Crippen LogP contribution in [0.5, 0.6) is 0 Å². The van der Waals surface area contributed by atoms with Gasteiger partial charge in [-0.1, -0.05) is 0 Å². The number of esters is 1. The number of aliphatic hydroxyl groups excluding tert-OH is 2. The van der Waals surface area contributed by atoms with Gasteiger partial charge in [-0.25, -0.2) is 0 Å². The first-order chi connectivity index (χ1) is 5.15. The standard InChI is InChI=1S/C6H11NO4.BrH/c7-3-1-5(10)11-6(3)4(9)2-8;/h3-4,6,8-9H,1-2,7H2;1H/t3-,4-,6+;/m1./s1. The maximum atomic E-state index is 10.6. The lowest BCUT2D eigenvalue weighted by Crippen LogP contribution is -3.00. The van der Waals surface area contributed by atoms with Crippen molar-refractivity contribution in [2.45, 2.75) is 24.7 Å². The van der Waals surface area contributed by atoms with E-state index in [2.05, 4.69) is 5.73 Å². The largest absolute Gasteiger partial charge is 1.00 e. The van der Waals surface area contributed by atoms with Gasteiger partial charge in [0.05, 0.1) is 6.61 Å². The highest BCUT2D eigenvalue weighted by molar-refractivity contribution is 5.72. The lowest BCUT2D eigenvalue weighted by Gasteiger charge is -2.15. The molecule has 0 amide bonds. The number of quaternary nitrogens is 1. The van der Waals surface area contributed by atoms with Gasteiger partial charge in [-0.3, -0.25) is 4.79 Å². The molecule has 3 atom stereocenters. The van der Waals surface area contributed by atoms with Crippen LogP contribution in [-0.4, -0.2) is 41.0 Å². The second kappa shape index (κ2) is 4.76. The SMILES string of the molecule is [Br-].[NH3+][C@@H]1CC(=O)O[C@@H]1[C@H](O)CO. The Balaban J connectivity index is 0.00000121. The van der Waals surface area contributed by atoms with Crippen LogP contribution < -0.4 is 22.7 Å².